The first-order valence-electron chi connectivity index (χ1n) is 9.92. The monoisotopic (exact) mass is 424 g/mol. The van der Waals surface area contributed by atoms with Crippen molar-refractivity contribution < 1.29 is 23.1 Å². The molecular weight excluding hydrogens is 396 g/mol. The molecule has 2 fully saturated rings. The second-order valence-electron chi connectivity index (χ2n) is 7.39. The SMILES string of the molecule is CCS(=O)(=O)Nc1ccc(N2CCN(CC(=O)N3CCCC3)CC2)c(C(=O)O)c1. The van der Waals surface area contributed by atoms with Crippen molar-refractivity contribution in [3.63, 3.8) is 0 Å². The van der Waals surface area contributed by atoms with Gasteiger partial charge in [0.25, 0.3) is 0 Å². The molecule has 0 unspecified atom stereocenters. The quantitative estimate of drug-likeness (QED) is 0.669. The van der Waals surface area contributed by atoms with E-state index >= 15 is 0 Å². The van der Waals surface area contributed by atoms with Crippen LogP contribution in [0, 0.1) is 0 Å². The number of piperazine rings is 1. The Morgan fingerprint density at radius 3 is 2.31 bits per heavy atom. The van der Waals surface area contributed by atoms with Crippen LogP contribution in [0.5, 0.6) is 0 Å². The summed E-state index contributed by atoms with van der Waals surface area (Å²) in [5, 5.41) is 9.60. The molecule has 2 N–H and O–H groups in total. The van der Waals surface area contributed by atoms with Crippen LogP contribution < -0.4 is 9.62 Å². The van der Waals surface area contributed by atoms with Crippen molar-refractivity contribution in [2.45, 2.75) is 19.8 Å². The Balaban J connectivity index is 1.65. The molecule has 2 heterocycles. The first-order chi connectivity index (χ1) is 13.8. The zero-order valence-electron chi connectivity index (χ0n) is 16.6. The Morgan fingerprint density at radius 1 is 1.07 bits per heavy atom. The summed E-state index contributed by atoms with van der Waals surface area (Å²) in [6.45, 7) is 6.15. The van der Waals surface area contributed by atoms with Gasteiger partial charge in [-0.05, 0) is 38.0 Å². The first-order valence-corrected chi connectivity index (χ1v) is 11.6. The summed E-state index contributed by atoms with van der Waals surface area (Å²) in [5.41, 5.74) is 0.855. The smallest absolute Gasteiger partial charge is 0.337 e. The van der Waals surface area contributed by atoms with Gasteiger partial charge in [0.1, 0.15) is 0 Å². The molecule has 0 saturated carbocycles. The molecule has 3 rings (SSSR count). The highest BCUT2D eigenvalue weighted by Gasteiger charge is 2.25. The van der Waals surface area contributed by atoms with Crippen LogP contribution in [0.4, 0.5) is 11.4 Å². The van der Waals surface area contributed by atoms with E-state index in [1.165, 1.54) is 13.0 Å². The zero-order chi connectivity index (χ0) is 21.0. The fourth-order valence-electron chi connectivity index (χ4n) is 3.70. The highest BCUT2D eigenvalue weighted by atomic mass is 32.2. The van der Waals surface area contributed by atoms with Crippen LogP contribution in [-0.4, -0.2) is 86.8 Å². The molecule has 0 radical (unpaired) electrons. The maximum absolute atomic E-state index is 12.3. The van der Waals surface area contributed by atoms with Gasteiger partial charge in [-0.3, -0.25) is 14.4 Å². The summed E-state index contributed by atoms with van der Waals surface area (Å²) >= 11 is 0. The molecule has 0 aromatic heterocycles. The minimum Gasteiger partial charge on any atom is -0.478 e. The van der Waals surface area contributed by atoms with Gasteiger partial charge in [-0.2, -0.15) is 0 Å². The molecule has 160 valence electrons. The summed E-state index contributed by atoms with van der Waals surface area (Å²) in [5.74, 6) is -1.03. The number of aromatic carboxylic acids is 1. The molecule has 2 saturated heterocycles. The van der Waals surface area contributed by atoms with Crippen LogP contribution in [0.3, 0.4) is 0 Å². The number of nitrogens with one attached hydrogen (secondary N) is 1. The highest BCUT2D eigenvalue weighted by molar-refractivity contribution is 7.92. The fraction of sp³-hybridized carbons (Fsp3) is 0.579. The van der Waals surface area contributed by atoms with Crippen molar-refractivity contribution >= 4 is 33.3 Å². The minimum absolute atomic E-state index is 0.0582. The molecule has 9 nitrogen and oxygen atoms in total. The predicted octanol–water partition coefficient (Wildman–Crippen LogP) is 0.891. The van der Waals surface area contributed by atoms with Crippen LogP contribution >= 0.6 is 0 Å². The molecule has 1 aromatic rings. The number of carbonyl (C=O) groups excluding carboxylic acids is 1. The van der Waals surface area contributed by atoms with Gasteiger partial charge in [0, 0.05) is 45.0 Å². The molecule has 0 aliphatic carbocycles. The molecule has 0 bridgehead atoms. The minimum atomic E-state index is -3.48. The van der Waals surface area contributed by atoms with Crippen LogP contribution in [0.25, 0.3) is 0 Å². The maximum atomic E-state index is 12.3. The lowest BCUT2D eigenvalue weighted by Gasteiger charge is -2.37. The molecule has 2 aliphatic rings. The van der Waals surface area contributed by atoms with Gasteiger partial charge in [-0.25, -0.2) is 13.2 Å². The molecule has 29 heavy (non-hydrogen) atoms. The van der Waals surface area contributed by atoms with Gasteiger partial charge >= 0.3 is 5.97 Å². The molecule has 2 aliphatic heterocycles. The van der Waals surface area contributed by atoms with Gasteiger partial charge in [0.15, 0.2) is 0 Å². The largest absolute Gasteiger partial charge is 0.478 e. The number of anilines is 2. The number of carboxylic acid groups (broad SMARTS) is 1. The van der Waals surface area contributed by atoms with E-state index in [9.17, 15) is 23.1 Å². The topological polar surface area (TPSA) is 110 Å². The van der Waals surface area contributed by atoms with E-state index in [4.69, 9.17) is 0 Å². The van der Waals surface area contributed by atoms with Gasteiger partial charge in [-0.15, -0.1) is 0 Å². The molecule has 0 spiro atoms. The third kappa shape index (κ3) is 5.39. The van der Waals surface area contributed by atoms with Crippen molar-refractivity contribution in [2.24, 2.45) is 0 Å². The lowest BCUT2D eigenvalue weighted by atomic mass is 10.1. The second-order valence-corrected chi connectivity index (χ2v) is 9.40. The molecule has 1 amide bonds. The first kappa shape index (κ1) is 21.4. The van der Waals surface area contributed by atoms with Crippen molar-refractivity contribution in [3.8, 4) is 0 Å². The number of rotatable bonds is 7. The van der Waals surface area contributed by atoms with Crippen LogP contribution in [-0.2, 0) is 14.8 Å². The summed E-state index contributed by atoms with van der Waals surface area (Å²) in [7, 11) is -3.48. The Labute approximate surface area is 171 Å². The molecule has 10 heteroatoms. The molecular formula is C19H28N4O5S. The Morgan fingerprint density at radius 2 is 1.72 bits per heavy atom. The average Bonchev–Trinajstić information content (AvgIpc) is 3.23. The van der Waals surface area contributed by atoms with Crippen molar-refractivity contribution in [1.82, 2.24) is 9.80 Å². The summed E-state index contributed by atoms with van der Waals surface area (Å²) in [6.07, 6.45) is 2.14. The Kier molecular flexibility index (Phi) is 6.63. The number of carboxylic acids is 1. The number of likely N-dealkylation sites (tertiary alicyclic amines) is 1. The second kappa shape index (κ2) is 9.00. The zero-order valence-corrected chi connectivity index (χ0v) is 17.4. The number of carbonyl (C=O) groups is 2. The number of amides is 1. The van der Waals surface area contributed by atoms with Gasteiger partial charge in [0.2, 0.25) is 15.9 Å². The molecule has 1 aromatic carbocycles. The van der Waals surface area contributed by atoms with E-state index in [2.05, 4.69) is 9.62 Å². The highest BCUT2D eigenvalue weighted by Crippen LogP contribution is 2.26. The van der Waals surface area contributed by atoms with Crippen molar-refractivity contribution in [1.29, 1.82) is 0 Å². The van der Waals surface area contributed by atoms with Crippen LogP contribution in [0.15, 0.2) is 18.2 Å². The number of sulfonamides is 1. The summed E-state index contributed by atoms with van der Waals surface area (Å²) in [4.78, 5) is 30.0. The standard InChI is InChI=1S/C19H28N4O5S/c1-2-29(27,28)20-15-5-6-17(16(13-15)19(25)26)22-11-9-21(10-12-22)14-18(24)23-7-3-4-8-23/h5-6,13,20H,2-4,7-12,14H2,1H3,(H,25,26). The maximum Gasteiger partial charge on any atom is 0.337 e. The van der Waals surface area contributed by atoms with Gasteiger partial charge < -0.3 is 14.9 Å². The third-order valence-electron chi connectivity index (χ3n) is 5.41. The van der Waals surface area contributed by atoms with Crippen molar-refractivity contribution in [3.05, 3.63) is 23.8 Å². The van der Waals surface area contributed by atoms with Crippen molar-refractivity contribution in [2.75, 3.05) is 61.2 Å². The Bertz CT molecular complexity index is 859. The van der Waals surface area contributed by atoms with E-state index in [0.717, 1.165) is 25.9 Å². The lowest BCUT2D eigenvalue weighted by Crippen LogP contribution is -2.50. The summed E-state index contributed by atoms with van der Waals surface area (Å²) in [6, 6.07) is 4.58. The average molecular weight is 425 g/mol. The number of nitrogens with zero attached hydrogens (tertiary/aromatic N) is 3. The van der Waals surface area contributed by atoms with E-state index in [1.54, 1.807) is 12.1 Å². The fourth-order valence-corrected chi connectivity index (χ4v) is 4.33. The van der Waals surface area contributed by atoms with Gasteiger partial charge in [0.05, 0.1) is 23.5 Å². The molecule has 0 atom stereocenters. The van der Waals surface area contributed by atoms with E-state index in [0.29, 0.717) is 38.4 Å². The van der Waals surface area contributed by atoms with Crippen LogP contribution in [0.2, 0.25) is 0 Å². The van der Waals surface area contributed by atoms with Gasteiger partial charge in [-0.1, -0.05) is 0 Å². The lowest BCUT2D eigenvalue weighted by molar-refractivity contribution is -0.131. The Hall–Kier alpha value is -2.33. The predicted molar refractivity (Wildman–Crippen MR) is 111 cm³/mol. The van der Waals surface area contributed by atoms with E-state index in [-0.39, 0.29) is 22.9 Å². The number of hydrogen-bond acceptors (Lipinski definition) is 6. The van der Waals surface area contributed by atoms with E-state index in [1.807, 2.05) is 9.80 Å². The number of hydrogen-bond donors (Lipinski definition) is 2. The van der Waals surface area contributed by atoms with Crippen LogP contribution in [0.1, 0.15) is 30.1 Å². The third-order valence-corrected chi connectivity index (χ3v) is 6.72. The number of benzene rings is 1. The normalized spacial score (nSPS) is 18.1. The van der Waals surface area contributed by atoms with E-state index < -0.39 is 16.0 Å². The summed E-state index contributed by atoms with van der Waals surface area (Å²) < 4.78 is 25.9.